The molecule has 0 amide bonds. The SMILES string of the molecule is CCC(C#N)c1nc(-c2cccc(Cl)c2)c(C)[nH]1. The fourth-order valence-corrected chi connectivity index (χ4v) is 2.10. The molecule has 0 saturated heterocycles. The Balaban J connectivity index is 2.44. The molecular formula is C14H14ClN3. The molecule has 2 rings (SSSR count). The number of aryl methyl sites for hydroxylation is 1. The minimum Gasteiger partial charge on any atom is -0.344 e. The van der Waals surface area contributed by atoms with Crippen LogP contribution in [0.25, 0.3) is 11.3 Å². The Kier molecular flexibility index (Phi) is 3.69. The van der Waals surface area contributed by atoms with E-state index in [1.165, 1.54) is 0 Å². The van der Waals surface area contributed by atoms with Gasteiger partial charge in [0, 0.05) is 16.3 Å². The van der Waals surface area contributed by atoms with Crippen LogP contribution < -0.4 is 0 Å². The smallest absolute Gasteiger partial charge is 0.124 e. The molecule has 1 aromatic heterocycles. The Morgan fingerprint density at radius 1 is 1.50 bits per heavy atom. The van der Waals surface area contributed by atoms with Gasteiger partial charge in [-0.25, -0.2) is 4.98 Å². The Morgan fingerprint density at radius 3 is 2.89 bits per heavy atom. The van der Waals surface area contributed by atoms with Crippen molar-refractivity contribution in [2.45, 2.75) is 26.2 Å². The van der Waals surface area contributed by atoms with Crippen LogP contribution in [-0.4, -0.2) is 9.97 Å². The number of aromatic nitrogens is 2. The monoisotopic (exact) mass is 259 g/mol. The van der Waals surface area contributed by atoms with E-state index in [9.17, 15) is 0 Å². The van der Waals surface area contributed by atoms with Crippen LogP contribution in [0.4, 0.5) is 0 Å². The molecule has 0 fully saturated rings. The van der Waals surface area contributed by atoms with Crippen LogP contribution in [0.2, 0.25) is 5.02 Å². The van der Waals surface area contributed by atoms with E-state index in [1.54, 1.807) is 0 Å². The van der Waals surface area contributed by atoms with E-state index in [0.717, 1.165) is 29.2 Å². The number of rotatable bonds is 3. The van der Waals surface area contributed by atoms with Crippen molar-refractivity contribution in [1.82, 2.24) is 9.97 Å². The number of nitrogens with one attached hydrogen (secondary N) is 1. The maximum absolute atomic E-state index is 9.06. The number of nitrogens with zero attached hydrogens (tertiary/aromatic N) is 2. The van der Waals surface area contributed by atoms with Gasteiger partial charge in [-0.3, -0.25) is 0 Å². The second-order valence-electron chi connectivity index (χ2n) is 4.20. The molecule has 1 heterocycles. The van der Waals surface area contributed by atoms with Gasteiger partial charge in [0.05, 0.1) is 11.8 Å². The summed E-state index contributed by atoms with van der Waals surface area (Å²) in [5.41, 5.74) is 2.79. The Labute approximate surface area is 111 Å². The van der Waals surface area contributed by atoms with Crippen LogP contribution >= 0.6 is 11.6 Å². The molecule has 92 valence electrons. The van der Waals surface area contributed by atoms with Gasteiger partial charge in [-0.05, 0) is 25.5 Å². The largest absolute Gasteiger partial charge is 0.344 e. The van der Waals surface area contributed by atoms with Gasteiger partial charge in [0.1, 0.15) is 11.7 Å². The Bertz CT molecular complexity index is 595. The molecular weight excluding hydrogens is 246 g/mol. The number of hydrogen-bond donors (Lipinski definition) is 1. The van der Waals surface area contributed by atoms with E-state index in [1.807, 2.05) is 38.1 Å². The first kappa shape index (κ1) is 12.7. The lowest BCUT2D eigenvalue weighted by atomic mass is 10.1. The number of aromatic amines is 1. The van der Waals surface area contributed by atoms with Crippen LogP contribution in [0, 0.1) is 18.3 Å². The maximum atomic E-state index is 9.06. The zero-order valence-corrected chi connectivity index (χ0v) is 11.1. The second kappa shape index (κ2) is 5.24. The van der Waals surface area contributed by atoms with E-state index in [-0.39, 0.29) is 5.92 Å². The predicted octanol–water partition coefficient (Wildman–Crippen LogP) is 4.06. The number of imidazole rings is 1. The third-order valence-electron chi connectivity index (χ3n) is 2.90. The zero-order chi connectivity index (χ0) is 13.1. The van der Waals surface area contributed by atoms with E-state index in [4.69, 9.17) is 16.9 Å². The molecule has 1 unspecified atom stereocenters. The fourth-order valence-electron chi connectivity index (χ4n) is 1.91. The summed E-state index contributed by atoms with van der Waals surface area (Å²) in [5.74, 6) is 0.545. The summed E-state index contributed by atoms with van der Waals surface area (Å²) in [6, 6.07) is 9.82. The fraction of sp³-hybridized carbons (Fsp3) is 0.286. The third-order valence-corrected chi connectivity index (χ3v) is 3.13. The van der Waals surface area contributed by atoms with Gasteiger partial charge in [-0.15, -0.1) is 0 Å². The molecule has 1 atom stereocenters. The highest BCUT2D eigenvalue weighted by atomic mass is 35.5. The third kappa shape index (κ3) is 2.39. The first-order chi connectivity index (χ1) is 8.65. The summed E-state index contributed by atoms with van der Waals surface area (Å²) in [7, 11) is 0. The topological polar surface area (TPSA) is 52.5 Å². The standard InChI is InChI=1S/C14H14ClN3/c1-3-10(8-16)14-17-9(2)13(18-14)11-5-4-6-12(15)7-11/h4-7,10H,3H2,1-2H3,(H,17,18). The molecule has 0 aliphatic carbocycles. The molecule has 0 spiro atoms. The van der Waals surface area contributed by atoms with Crippen molar-refractivity contribution in [2.24, 2.45) is 0 Å². The van der Waals surface area contributed by atoms with Crippen LogP contribution in [0.15, 0.2) is 24.3 Å². The van der Waals surface area contributed by atoms with Crippen molar-refractivity contribution in [3.8, 4) is 17.3 Å². The van der Waals surface area contributed by atoms with Gasteiger partial charge < -0.3 is 4.98 Å². The van der Waals surface area contributed by atoms with Crippen molar-refractivity contribution < 1.29 is 0 Å². The van der Waals surface area contributed by atoms with Crippen LogP contribution in [-0.2, 0) is 0 Å². The molecule has 2 aromatic rings. The Morgan fingerprint density at radius 2 is 2.28 bits per heavy atom. The quantitative estimate of drug-likeness (QED) is 0.904. The molecule has 3 nitrogen and oxygen atoms in total. The molecule has 1 N–H and O–H groups in total. The average molecular weight is 260 g/mol. The summed E-state index contributed by atoms with van der Waals surface area (Å²) >= 11 is 5.98. The van der Waals surface area contributed by atoms with Crippen molar-refractivity contribution in [3.05, 3.63) is 40.8 Å². The highest BCUT2D eigenvalue weighted by Crippen LogP contribution is 2.26. The summed E-state index contributed by atoms with van der Waals surface area (Å²) in [6.45, 7) is 3.93. The van der Waals surface area contributed by atoms with E-state index in [2.05, 4.69) is 16.0 Å². The molecule has 18 heavy (non-hydrogen) atoms. The van der Waals surface area contributed by atoms with Crippen LogP contribution in [0.3, 0.4) is 0 Å². The second-order valence-corrected chi connectivity index (χ2v) is 4.63. The number of hydrogen-bond acceptors (Lipinski definition) is 2. The summed E-state index contributed by atoms with van der Waals surface area (Å²) in [6.07, 6.45) is 0.748. The minimum absolute atomic E-state index is 0.184. The van der Waals surface area contributed by atoms with E-state index < -0.39 is 0 Å². The van der Waals surface area contributed by atoms with Gasteiger partial charge in [-0.1, -0.05) is 30.7 Å². The molecule has 0 aliphatic heterocycles. The molecule has 1 aromatic carbocycles. The van der Waals surface area contributed by atoms with Gasteiger partial charge >= 0.3 is 0 Å². The van der Waals surface area contributed by atoms with Gasteiger partial charge in [-0.2, -0.15) is 5.26 Å². The average Bonchev–Trinajstić information content (AvgIpc) is 2.73. The highest BCUT2D eigenvalue weighted by molar-refractivity contribution is 6.30. The first-order valence-electron chi connectivity index (χ1n) is 5.87. The molecule has 0 bridgehead atoms. The van der Waals surface area contributed by atoms with Crippen molar-refractivity contribution in [3.63, 3.8) is 0 Å². The summed E-state index contributed by atoms with van der Waals surface area (Å²) in [5, 5.41) is 9.75. The predicted molar refractivity (Wildman–Crippen MR) is 72.4 cm³/mol. The van der Waals surface area contributed by atoms with Crippen LogP contribution in [0.5, 0.6) is 0 Å². The normalized spacial score (nSPS) is 12.1. The highest BCUT2D eigenvalue weighted by Gasteiger charge is 2.15. The van der Waals surface area contributed by atoms with Gasteiger partial charge in [0.25, 0.3) is 0 Å². The minimum atomic E-state index is -0.184. The zero-order valence-electron chi connectivity index (χ0n) is 10.4. The Hall–Kier alpha value is -1.79. The van der Waals surface area contributed by atoms with Gasteiger partial charge in [0.15, 0.2) is 0 Å². The number of halogens is 1. The van der Waals surface area contributed by atoms with E-state index >= 15 is 0 Å². The summed E-state index contributed by atoms with van der Waals surface area (Å²) in [4.78, 5) is 7.71. The van der Waals surface area contributed by atoms with Crippen molar-refractivity contribution >= 4 is 11.6 Å². The number of benzene rings is 1. The molecule has 4 heteroatoms. The van der Waals surface area contributed by atoms with Crippen LogP contribution in [0.1, 0.15) is 30.8 Å². The first-order valence-corrected chi connectivity index (χ1v) is 6.25. The lowest BCUT2D eigenvalue weighted by molar-refractivity contribution is 0.764. The molecule has 0 radical (unpaired) electrons. The number of H-pyrrole nitrogens is 1. The van der Waals surface area contributed by atoms with Gasteiger partial charge in [0.2, 0.25) is 0 Å². The lowest BCUT2D eigenvalue weighted by Crippen LogP contribution is -1.96. The van der Waals surface area contributed by atoms with Crippen molar-refractivity contribution in [2.75, 3.05) is 0 Å². The van der Waals surface area contributed by atoms with E-state index in [0.29, 0.717) is 5.02 Å². The maximum Gasteiger partial charge on any atom is 0.124 e. The molecule has 0 saturated carbocycles. The number of nitriles is 1. The molecule has 0 aliphatic rings. The van der Waals surface area contributed by atoms with Crippen molar-refractivity contribution in [1.29, 1.82) is 5.26 Å². The lowest BCUT2D eigenvalue weighted by Gasteiger charge is -2.00. The summed E-state index contributed by atoms with van der Waals surface area (Å²) < 4.78 is 0.